The topological polar surface area (TPSA) is 32.5 Å². The van der Waals surface area contributed by atoms with Crippen LogP contribution in [0.3, 0.4) is 0 Å². The van der Waals surface area contributed by atoms with Crippen LogP contribution < -0.4 is 5.73 Å². The quantitative estimate of drug-likeness (QED) is 0.867. The lowest BCUT2D eigenvalue weighted by molar-refractivity contribution is 0.152. The van der Waals surface area contributed by atoms with Crippen molar-refractivity contribution in [2.45, 2.75) is 50.2 Å². The van der Waals surface area contributed by atoms with Crippen molar-refractivity contribution in [3.63, 3.8) is 0 Å². The van der Waals surface area contributed by atoms with E-state index in [1.165, 1.54) is 49.8 Å². The fourth-order valence-corrected chi connectivity index (χ4v) is 4.15. The van der Waals surface area contributed by atoms with Crippen molar-refractivity contribution in [1.82, 2.24) is 9.80 Å². The fraction of sp³-hybridized carbons (Fsp3) is 0.667. The second kappa shape index (κ2) is 6.47. The van der Waals surface area contributed by atoms with Crippen LogP contribution in [0.1, 0.15) is 42.9 Å². The van der Waals surface area contributed by atoms with Crippen LogP contribution in [-0.2, 0) is 6.42 Å². The number of nitrogens with two attached hydrogens (primary N) is 1. The van der Waals surface area contributed by atoms with E-state index in [2.05, 4.69) is 48.2 Å². The molecule has 0 amide bonds. The van der Waals surface area contributed by atoms with Crippen molar-refractivity contribution in [1.29, 1.82) is 0 Å². The summed E-state index contributed by atoms with van der Waals surface area (Å²) in [5.41, 5.74) is 9.47. The molecule has 2 N–H and O–H groups in total. The third-order valence-corrected chi connectivity index (χ3v) is 5.51. The zero-order valence-corrected chi connectivity index (χ0v) is 13.5. The van der Waals surface area contributed by atoms with E-state index in [0.29, 0.717) is 12.1 Å². The number of likely N-dealkylation sites (N-methyl/N-ethyl adjacent to an activating group) is 2. The first-order chi connectivity index (χ1) is 10.2. The van der Waals surface area contributed by atoms with E-state index in [4.69, 9.17) is 5.73 Å². The molecule has 1 heterocycles. The first-order valence-electron chi connectivity index (χ1n) is 8.40. The van der Waals surface area contributed by atoms with Gasteiger partial charge >= 0.3 is 0 Å². The molecule has 1 aliphatic carbocycles. The van der Waals surface area contributed by atoms with Gasteiger partial charge in [0.1, 0.15) is 0 Å². The van der Waals surface area contributed by atoms with Crippen LogP contribution in [0.25, 0.3) is 0 Å². The molecule has 3 atom stereocenters. The Kier molecular flexibility index (Phi) is 4.63. The first kappa shape index (κ1) is 15.0. The number of aryl methyl sites for hydroxylation is 1. The number of hydrogen-bond acceptors (Lipinski definition) is 3. The molecule has 0 saturated carbocycles. The maximum absolute atomic E-state index is 6.65. The summed E-state index contributed by atoms with van der Waals surface area (Å²) >= 11 is 0. The van der Waals surface area contributed by atoms with Crippen molar-refractivity contribution in [2.24, 2.45) is 5.73 Å². The van der Waals surface area contributed by atoms with Gasteiger partial charge in [0.15, 0.2) is 0 Å². The standard InChI is InChI=1S/C18H29N3/c1-20-12-6-9-15(20)13-21(2)17-11-5-8-14-7-3-4-10-16(14)18(17)19/h3-4,7,10,15,17-18H,5-6,8-9,11-13,19H2,1-2H3. The minimum atomic E-state index is 0.153. The monoisotopic (exact) mass is 287 g/mol. The molecule has 116 valence electrons. The van der Waals surface area contributed by atoms with E-state index in [0.717, 1.165) is 6.54 Å². The predicted molar refractivity (Wildman–Crippen MR) is 88.4 cm³/mol. The molecule has 2 aliphatic rings. The average molecular weight is 287 g/mol. The van der Waals surface area contributed by atoms with Crippen LogP contribution in [0.5, 0.6) is 0 Å². The zero-order valence-electron chi connectivity index (χ0n) is 13.5. The Hall–Kier alpha value is -0.900. The Balaban J connectivity index is 1.72. The van der Waals surface area contributed by atoms with Gasteiger partial charge in [-0.05, 0) is 63.9 Å². The molecule has 3 heteroatoms. The highest BCUT2D eigenvalue weighted by molar-refractivity contribution is 5.32. The van der Waals surface area contributed by atoms with Crippen molar-refractivity contribution in [2.75, 3.05) is 27.2 Å². The summed E-state index contributed by atoms with van der Waals surface area (Å²) in [6.07, 6.45) is 6.31. The molecule has 0 aromatic heterocycles. The number of fused-ring (bicyclic) bond motifs is 1. The van der Waals surface area contributed by atoms with Gasteiger partial charge in [0.25, 0.3) is 0 Å². The highest BCUT2D eigenvalue weighted by Crippen LogP contribution is 2.30. The normalized spacial score (nSPS) is 30.4. The fourth-order valence-electron chi connectivity index (χ4n) is 4.15. The number of rotatable bonds is 3. The molecular weight excluding hydrogens is 258 g/mol. The summed E-state index contributed by atoms with van der Waals surface area (Å²) in [6.45, 7) is 2.40. The third kappa shape index (κ3) is 3.15. The highest BCUT2D eigenvalue weighted by atomic mass is 15.2. The Morgan fingerprint density at radius 3 is 2.81 bits per heavy atom. The molecule has 1 aliphatic heterocycles. The van der Waals surface area contributed by atoms with Gasteiger partial charge in [-0.25, -0.2) is 0 Å². The second-order valence-electron chi connectivity index (χ2n) is 6.90. The molecule has 3 unspecified atom stereocenters. The van der Waals surface area contributed by atoms with Crippen LogP contribution in [0.4, 0.5) is 0 Å². The van der Waals surface area contributed by atoms with E-state index < -0.39 is 0 Å². The van der Waals surface area contributed by atoms with Crippen LogP contribution in [0.2, 0.25) is 0 Å². The van der Waals surface area contributed by atoms with Crippen molar-refractivity contribution in [3.8, 4) is 0 Å². The Labute approximate surface area is 129 Å². The lowest BCUT2D eigenvalue weighted by Gasteiger charge is -2.35. The number of likely N-dealkylation sites (tertiary alicyclic amines) is 1. The van der Waals surface area contributed by atoms with E-state index in [9.17, 15) is 0 Å². The molecule has 3 rings (SSSR count). The second-order valence-corrected chi connectivity index (χ2v) is 6.90. The summed E-state index contributed by atoms with van der Waals surface area (Å²) in [7, 11) is 4.53. The van der Waals surface area contributed by atoms with Crippen LogP contribution in [0, 0.1) is 0 Å². The van der Waals surface area contributed by atoms with Crippen molar-refractivity contribution < 1.29 is 0 Å². The summed E-state index contributed by atoms with van der Waals surface area (Å²) in [5, 5.41) is 0. The SMILES string of the molecule is CN1CCCC1CN(C)C1CCCc2ccccc2C1N. The van der Waals surface area contributed by atoms with Gasteiger partial charge in [0, 0.05) is 24.7 Å². The van der Waals surface area contributed by atoms with Crippen molar-refractivity contribution >= 4 is 0 Å². The van der Waals surface area contributed by atoms with Gasteiger partial charge in [-0.2, -0.15) is 0 Å². The van der Waals surface area contributed by atoms with E-state index in [1.807, 2.05) is 0 Å². The highest BCUT2D eigenvalue weighted by Gasteiger charge is 2.30. The summed E-state index contributed by atoms with van der Waals surface area (Å²) in [4.78, 5) is 5.03. The zero-order chi connectivity index (χ0) is 14.8. The van der Waals surface area contributed by atoms with Gasteiger partial charge in [-0.1, -0.05) is 24.3 Å². The molecule has 1 aromatic carbocycles. The maximum Gasteiger partial charge on any atom is 0.0455 e. The average Bonchev–Trinajstić information content (AvgIpc) is 2.80. The maximum atomic E-state index is 6.65. The molecule has 3 nitrogen and oxygen atoms in total. The van der Waals surface area contributed by atoms with Gasteiger partial charge in [0.2, 0.25) is 0 Å². The van der Waals surface area contributed by atoms with Gasteiger partial charge in [-0.3, -0.25) is 4.90 Å². The molecule has 0 bridgehead atoms. The summed E-state index contributed by atoms with van der Waals surface area (Å²) < 4.78 is 0. The minimum Gasteiger partial charge on any atom is -0.323 e. The third-order valence-electron chi connectivity index (χ3n) is 5.51. The molecule has 1 aromatic rings. The van der Waals surface area contributed by atoms with Gasteiger partial charge in [-0.15, -0.1) is 0 Å². The Bertz CT molecular complexity index is 473. The van der Waals surface area contributed by atoms with Gasteiger partial charge < -0.3 is 10.6 Å². The summed E-state index contributed by atoms with van der Waals surface area (Å²) in [5.74, 6) is 0. The predicted octanol–water partition coefficient (Wildman–Crippen LogP) is 2.42. The van der Waals surface area contributed by atoms with E-state index in [1.54, 1.807) is 0 Å². The summed E-state index contributed by atoms with van der Waals surface area (Å²) in [6, 6.07) is 10.1. The first-order valence-corrected chi connectivity index (χ1v) is 8.40. The lowest BCUT2D eigenvalue weighted by Crippen LogP contribution is -2.45. The number of hydrogen-bond donors (Lipinski definition) is 1. The molecule has 21 heavy (non-hydrogen) atoms. The Morgan fingerprint density at radius 1 is 1.24 bits per heavy atom. The largest absolute Gasteiger partial charge is 0.323 e. The van der Waals surface area contributed by atoms with Crippen molar-refractivity contribution in [3.05, 3.63) is 35.4 Å². The van der Waals surface area contributed by atoms with E-state index >= 15 is 0 Å². The van der Waals surface area contributed by atoms with Crippen LogP contribution in [-0.4, -0.2) is 49.1 Å². The molecule has 1 saturated heterocycles. The number of benzene rings is 1. The Morgan fingerprint density at radius 2 is 2.05 bits per heavy atom. The van der Waals surface area contributed by atoms with E-state index in [-0.39, 0.29) is 6.04 Å². The number of nitrogens with zero attached hydrogens (tertiary/aromatic N) is 2. The van der Waals surface area contributed by atoms with Crippen LogP contribution >= 0.6 is 0 Å². The molecular formula is C18H29N3. The smallest absolute Gasteiger partial charge is 0.0455 e. The lowest BCUT2D eigenvalue weighted by atomic mass is 9.96. The van der Waals surface area contributed by atoms with Crippen LogP contribution in [0.15, 0.2) is 24.3 Å². The minimum absolute atomic E-state index is 0.153. The molecule has 0 radical (unpaired) electrons. The molecule has 0 spiro atoms. The van der Waals surface area contributed by atoms with Gasteiger partial charge in [0.05, 0.1) is 0 Å². The molecule has 1 fully saturated rings.